The molecule has 0 saturated heterocycles. The van der Waals surface area contributed by atoms with E-state index >= 15 is 0 Å². The predicted octanol–water partition coefficient (Wildman–Crippen LogP) is 4.29. The normalized spacial score (nSPS) is 11.2. The molecule has 1 N–H and O–H groups in total. The summed E-state index contributed by atoms with van der Waals surface area (Å²) in [6.45, 7) is 3.78. The molecule has 3 rings (SSSR count). The van der Waals surface area contributed by atoms with Crippen molar-refractivity contribution in [3.05, 3.63) is 45.6 Å². The number of aromatic nitrogens is 2. The van der Waals surface area contributed by atoms with Gasteiger partial charge in [-0.25, -0.2) is 9.78 Å². The molecule has 0 aliphatic rings. The van der Waals surface area contributed by atoms with Crippen LogP contribution in [-0.4, -0.2) is 20.5 Å². The van der Waals surface area contributed by atoms with Gasteiger partial charge in [0.1, 0.15) is 0 Å². The largest absolute Gasteiger partial charge is 0.477 e. The maximum absolute atomic E-state index is 11.6. The summed E-state index contributed by atoms with van der Waals surface area (Å²) in [6.07, 6.45) is 0.824. The lowest BCUT2D eigenvalue weighted by Gasteiger charge is -2.06. The minimum absolute atomic E-state index is 0.228. The van der Waals surface area contributed by atoms with Crippen LogP contribution in [0.4, 0.5) is 0 Å². The van der Waals surface area contributed by atoms with Crippen molar-refractivity contribution in [2.75, 3.05) is 0 Å². The first-order chi connectivity index (χ1) is 10.0. The first-order valence-corrected chi connectivity index (χ1v) is 7.72. The Morgan fingerprint density at radius 2 is 2.05 bits per heavy atom. The number of fused-ring (bicyclic) bond motifs is 1. The van der Waals surface area contributed by atoms with Gasteiger partial charge in [-0.15, -0.1) is 11.3 Å². The highest BCUT2D eigenvalue weighted by molar-refractivity contribution is 7.17. The molecular weight excluding hydrogens is 308 g/mol. The molecule has 108 valence electrons. The third kappa shape index (κ3) is 2.22. The molecule has 0 radical (unpaired) electrons. The van der Waals surface area contributed by atoms with E-state index in [0.29, 0.717) is 15.7 Å². The van der Waals surface area contributed by atoms with Gasteiger partial charge in [0, 0.05) is 9.90 Å². The molecule has 0 aliphatic carbocycles. The molecule has 0 spiro atoms. The van der Waals surface area contributed by atoms with Gasteiger partial charge >= 0.3 is 5.97 Å². The van der Waals surface area contributed by atoms with Crippen LogP contribution in [0.3, 0.4) is 0 Å². The molecule has 0 bridgehead atoms. The van der Waals surface area contributed by atoms with Crippen molar-refractivity contribution in [3.8, 4) is 11.3 Å². The maximum Gasteiger partial charge on any atom is 0.354 e. The summed E-state index contributed by atoms with van der Waals surface area (Å²) in [4.78, 5) is 17.8. The summed E-state index contributed by atoms with van der Waals surface area (Å²) in [5.41, 5.74) is 2.60. The van der Waals surface area contributed by atoms with Gasteiger partial charge in [0.2, 0.25) is 0 Å². The fraction of sp³-hybridized carbons (Fsp3) is 0.200. The first-order valence-electron chi connectivity index (χ1n) is 6.53. The second kappa shape index (κ2) is 5.16. The second-order valence-electron chi connectivity index (χ2n) is 4.70. The fourth-order valence-electron chi connectivity index (χ4n) is 2.45. The third-order valence-electron chi connectivity index (χ3n) is 3.36. The fourth-order valence-corrected chi connectivity index (χ4v) is 3.70. The van der Waals surface area contributed by atoms with Crippen molar-refractivity contribution < 1.29 is 9.90 Å². The maximum atomic E-state index is 11.6. The number of halogens is 1. The Kier molecular flexibility index (Phi) is 3.47. The highest BCUT2D eigenvalue weighted by atomic mass is 35.5. The lowest BCUT2D eigenvalue weighted by Crippen LogP contribution is -2.04. The molecule has 6 heteroatoms. The third-order valence-corrected chi connectivity index (χ3v) is 4.80. The molecule has 0 aliphatic heterocycles. The molecule has 2 aromatic heterocycles. The number of rotatable bonds is 3. The molecule has 21 heavy (non-hydrogen) atoms. The van der Waals surface area contributed by atoms with Crippen molar-refractivity contribution >= 4 is 33.9 Å². The van der Waals surface area contributed by atoms with Gasteiger partial charge in [0.15, 0.2) is 10.7 Å². The van der Waals surface area contributed by atoms with E-state index < -0.39 is 5.97 Å². The van der Waals surface area contributed by atoms with E-state index in [9.17, 15) is 9.90 Å². The lowest BCUT2D eigenvalue weighted by atomic mass is 10.1. The van der Waals surface area contributed by atoms with E-state index in [1.54, 1.807) is 11.3 Å². The van der Waals surface area contributed by atoms with Gasteiger partial charge in [0.05, 0.1) is 11.4 Å². The van der Waals surface area contributed by atoms with E-state index in [-0.39, 0.29) is 5.69 Å². The molecule has 0 fully saturated rings. The summed E-state index contributed by atoms with van der Waals surface area (Å²) in [6, 6.07) is 7.43. The highest BCUT2D eigenvalue weighted by Crippen LogP contribution is 2.34. The van der Waals surface area contributed by atoms with E-state index in [1.807, 2.05) is 24.3 Å². The van der Waals surface area contributed by atoms with Gasteiger partial charge < -0.3 is 5.11 Å². The van der Waals surface area contributed by atoms with E-state index in [4.69, 9.17) is 11.6 Å². The quantitative estimate of drug-likeness (QED) is 0.783. The van der Waals surface area contributed by atoms with Crippen LogP contribution in [0.1, 0.15) is 28.0 Å². The molecule has 0 unspecified atom stereocenters. The van der Waals surface area contributed by atoms with Gasteiger partial charge in [-0.3, -0.25) is 4.40 Å². The van der Waals surface area contributed by atoms with Crippen LogP contribution < -0.4 is 0 Å². The van der Waals surface area contributed by atoms with E-state index in [2.05, 4.69) is 11.9 Å². The number of thiazole rings is 1. The number of aryl methyl sites for hydroxylation is 2. The van der Waals surface area contributed by atoms with Crippen LogP contribution in [0, 0.1) is 6.92 Å². The number of carboxylic acids is 1. The van der Waals surface area contributed by atoms with E-state index in [1.165, 1.54) is 11.3 Å². The summed E-state index contributed by atoms with van der Waals surface area (Å²) in [5, 5.41) is 10.1. The minimum atomic E-state index is -0.962. The topological polar surface area (TPSA) is 54.6 Å². The second-order valence-corrected chi connectivity index (χ2v) is 6.20. The van der Waals surface area contributed by atoms with E-state index in [0.717, 1.165) is 22.6 Å². The smallest absolute Gasteiger partial charge is 0.354 e. The average Bonchev–Trinajstić information content (AvgIpc) is 2.93. The Morgan fingerprint density at radius 3 is 2.62 bits per heavy atom. The van der Waals surface area contributed by atoms with Crippen molar-refractivity contribution in [2.45, 2.75) is 20.3 Å². The molecule has 2 heterocycles. The van der Waals surface area contributed by atoms with Crippen molar-refractivity contribution in [1.29, 1.82) is 0 Å². The Balaban J connectivity index is 2.38. The van der Waals surface area contributed by atoms with Crippen LogP contribution in [0.15, 0.2) is 24.3 Å². The molecule has 0 atom stereocenters. The van der Waals surface area contributed by atoms with Crippen LogP contribution >= 0.6 is 22.9 Å². The van der Waals surface area contributed by atoms with Crippen molar-refractivity contribution in [3.63, 3.8) is 0 Å². The number of aromatic carboxylic acids is 1. The summed E-state index contributed by atoms with van der Waals surface area (Å²) >= 11 is 7.47. The predicted molar refractivity (Wildman–Crippen MR) is 84.6 cm³/mol. The van der Waals surface area contributed by atoms with Crippen molar-refractivity contribution in [2.24, 2.45) is 0 Å². The van der Waals surface area contributed by atoms with Crippen LogP contribution in [0.25, 0.3) is 16.2 Å². The number of hydrogen-bond donors (Lipinski definition) is 1. The van der Waals surface area contributed by atoms with Gasteiger partial charge in [-0.1, -0.05) is 30.7 Å². The Hall–Kier alpha value is -1.85. The standard InChI is InChI=1S/C15H13ClN2O2S/c1-3-11-13(9-4-6-10(16)7-5-9)18-12(14(19)20)8(2)17-15(18)21-11/h4-7H,3H2,1-2H3,(H,19,20). The Bertz CT molecular complexity index is 834. The molecule has 0 saturated carbocycles. The monoisotopic (exact) mass is 320 g/mol. The SMILES string of the molecule is CCc1sc2nc(C)c(C(=O)O)n2c1-c1ccc(Cl)cc1. The van der Waals surface area contributed by atoms with Crippen molar-refractivity contribution in [1.82, 2.24) is 9.38 Å². The number of carbonyl (C=O) groups is 1. The van der Waals surface area contributed by atoms with Crippen LogP contribution in [0.5, 0.6) is 0 Å². The average molecular weight is 321 g/mol. The van der Waals surface area contributed by atoms with Crippen LogP contribution in [-0.2, 0) is 6.42 Å². The van der Waals surface area contributed by atoms with Gasteiger partial charge in [-0.05, 0) is 31.0 Å². The molecule has 4 nitrogen and oxygen atoms in total. The molecular formula is C15H13ClN2O2S. The zero-order valence-corrected chi connectivity index (χ0v) is 13.1. The highest BCUT2D eigenvalue weighted by Gasteiger charge is 2.23. The Morgan fingerprint density at radius 1 is 1.38 bits per heavy atom. The number of hydrogen-bond acceptors (Lipinski definition) is 3. The number of nitrogens with zero attached hydrogens (tertiary/aromatic N) is 2. The zero-order chi connectivity index (χ0) is 15.1. The lowest BCUT2D eigenvalue weighted by molar-refractivity contribution is 0.0688. The molecule has 1 aromatic carbocycles. The van der Waals surface area contributed by atoms with Gasteiger partial charge in [-0.2, -0.15) is 0 Å². The number of imidazole rings is 1. The number of carboxylic acid groups (broad SMARTS) is 1. The summed E-state index contributed by atoms with van der Waals surface area (Å²) < 4.78 is 1.74. The summed E-state index contributed by atoms with van der Waals surface area (Å²) in [7, 11) is 0. The first kappa shape index (κ1) is 14.1. The minimum Gasteiger partial charge on any atom is -0.477 e. The van der Waals surface area contributed by atoms with Crippen LogP contribution in [0.2, 0.25) is 5.02 Å². The van der Waals surface area contributed by atoms with Gasteiger partial charge in [0.25, 0.3) is 0 Å². The Labute approximate surface area is 130 Å². The number of benzene rings is 1. The molecule has 3 aromatic rings. The molecule has 0 amide bonds. The zero-order valence-electron chi connectivity index (χ0n) is 11.6. The summed E-state index contributed by atoms with van der Waals surface area (Å²) in [5.74, 6) is -0.962.